The van der Waals surface area contributed by atoms with Gasteiger partial charge in [0, 0.05) is 0 Å². The second kappa shape index (κ2) is 7.90. The summed E-state index contributed by atoms with van der Waals surface area (Å²) in [5.74, 6) is 0.385. The maximum atomic E-state index is 11.3. The molecule has 0 N–H and O–H groups in total. The summed E-state index contributed by atoms with van der Waals surface area (Å²) in [4.78, 5) is 11.3. The molecule has 0 atom stereocenters. The van der Waals surface area contributed by atoms with E-state index < -0.39 is 0 Å². The van der Waals surface area contributed by atoms with Gasteiger partial charge in [0.2, 0.25) is 0 Å². The molecule has 3 nitrogen and oxygen atoms in total. The van der Waals surface area contributed by atoms with Crippen LogP contribution in [0.3, 0.4) is 0 Å². The van der Waals surface area contributed by atoms with E-state index in [1.807, 2.05) is 24.3 Å². The summed E-state index contributed by atoms with van der Waals surface area (Å²) in [6, 6.07) is 17.2. The van der Waals surface area contributed by atoms with Gasteiger partial charge in [0.05, 0.1) is 12.7 Å². The third-order valence-corrected chi connectivity index (χ3v) is 2.98. The molecule has 3 heteroatoms. The van der Waals surface area contributed by atoms with Gasteiger partial charge in [0.1, 0.15) is 12.4 Å². The molecule has 0 bridgehead atoms. The van der Waals surface area contributed by atoms with Crippen LogP contribution in [0.5, 0.6) is 5.75 Å². The molecule has 0 spiro atoms. The third-order valence-electron chi connectivity index (χ3n) is 2.98. The first-order valence-corrected chi connectivity index (χ1v) is 6.79. The second-order valence-corrected chi connectivity index (χ2v) is 4.49. The van der Waals surface area contributed by atoms with E-state index >= 15 is 0 Å². The summed E-state index contributed by atoms with van der Waals surface area (Å²) >= 11 is 0. The van der Waals surface area contributed by atoms with Crippen LogP contribution in [0.4, 0.5) is 0 Å². The van der Waals surface area contributed by atoms with Crippen molar-refractivity contribution in [1.82, 2.24) is 0 Å². The minimum atomic E-state index is -0.343. The molecule has 2 aromatic rings. The predicted molar refractivity (Wildman–Crippen MR) is 82.6 cm³/mol. The lowest BCUT2D eigenvalue weighted by Crippen LogP contribution is -2.01. The first-order chi connectivity index (χ1) is 10.3. The van der Waals surface area contributed by atoms with Gasteiger partial charge in [-0.25, -0.2) is 4.79 Å². The highest BCUT2D eigenvalue weighted by Gasteiger charge is 2.03. The molecular formula is C18H18O3. The van der Waals surface area contributed by atoms with E-state index in [9.17, 15) is 4.79 Å². The summed E-state index contributed by atoms with van der Waals surface area (Å²) in [6.45, 7) is 0.504. The summed E-state index contributed by atoms with van der Waals surface area (Å²) in [7, 11) is 1.37. The van der Waals surface area contributed by atoms with Crippen LogP contribution in [-0.4, -0.2) is 19.7 Å². The number of hydrogen-bond acceptors (Lipinski definition) is 3. The zero-order chi connectivity index (χ0) is 14.9. The van der Waals surface area contributed by atoms with Crippen LogP contribution < -0.4 is 4.74 Å². The number of esters is 1. The lowest BCUT2D eigenvalue weighted by molar-refractivity contribution is 0.0600. The number of methoxy groups -OCH3 is 1. The molecule has 0 unspecified atom stereocenters. The van der Waals surface area contributed by atoms with Gasteiger partial charge >= 0.3 is 5.97 Å². The maximum absolute atomic E-state index is 11.3. The summed E-state index contributed by atoms with van der Waals surface area (Å²) in [6.07, 6.45) is 4.96. The van der Waals surface area contributed by atoms with Crippen molar-refractivity contribution in [3.8, 4) is 5.75 Å². The Morgan fingerprint density at radius 2 is 1.71 bits per heavy atom. The van der Waals surface area contributed by atoms with Crippen molar-refractivity contribution in [3.05, 3.63) is 77.9 Å². The SMILES string of the molecule is COC(=O)c1ccc(OCC=CCc2ccccc2)cc1. The Kier molecular flexibility index (Phi) is 5.59. The Bertz CT molecular complexity index is 586. The van der Waals surface area contributed by atoms with Gasteiger partial charge in [-0.05, 0) is 36.2 Å². The molecule has 0 aliphatic heterocycles. The van der Waals surface area contributed by atoms with E-state index in [1.165, 1.54) is 12.7 Å². The lowest BCUT2D eigenvalue weighted by atomic mass is 10.1. The number of carbonyl (C=O) groups excluding carboxylic acids is 1. The number of carbonyl (C=O) groups is 1. The fraction of sp³-hybridized carbons (Fsp3) is 0.167. The van der Waals surface area contributed by atoms with Crippen molar-refractivity contribution < 1.29 is 14.3 Å². The smallest absolute Gasteiger partial charge is 0.337 e. The van der Waals surface area contributed by atoms with Gasteiger partial charge in [-0.2, -0.15) is 0 Å². The number of rotatable bonds is 6. The van der Waals surface area contributed by atoms with Gasteiger partial charge < -0.3 is 9.47 Å². The molecule has 2 aromatic carbocycles. The van der Waals surface area contributed by atoms with Crippen LogP contribution in [0.1, 0.15) is 15.9 Å². The summed E-state index contributed by atoms with van der Waals surface area (Å²) < 4.78 is 10.2. The van der Waals surface area contributed by atoms with Gasteiger partial charge in [0.15, 0.2) is 0 Å². The molecule has 108 valence electrons. The fourth-order valence-electron chi connectivity index (χ4n) is 1.85. The van der Waals surface area contributed by atoms with Gasteiger partial charge in [-0.1, -0.05) is 42.5 Å². The van der Waals surface area contributed by atoms with E-state index in [0.717, 1.165) is 12.2 Å². The molecule has 0 amide bonds. The molecule has 0 aliphatic carbocycles. The number of allylic oxidation sites excluding steroid dienone is 1. The molecule has 21 heavy (non-hydrogen) atoms. The molecule has 0 radical (unpaired) electrons. The van der Waals surface area contributed by atoms with Crippen molar-refractivity contribution in [2.24, 2.45) is 0 Å². The van der Waals surface area contributed by atoms with Crippen LogP contribution in [0.25, 0.3) is 0 Å². The first kappa shape index (κ1) is 14.9. The average Bonchev–Trinajstić information content (AvgIpc) is 2.55. The van der Waals surface area contributed by atoms with E-state index in [2.05, 4.69) is 22.9 Å². The number of benzene rings is 2. The normalized spacial score (nSPS) is 10.5. The van der Waals surface area contributed by atoms with E-state index in [4.69, 9.17) is 4.74 Å². The topological polar surface area (TPSA) is 35.5 Å². The summed E-state index contributed by atoms with van der Waals surface area (Å²) in [5.41, 5.74) is 1.79. The van der Waals surface area contributed by atoms with Crippen molar-refractivity contribution in [2.45, 2.75) is 6.42 Å². The molecule has 0 aromatic heterocycles. The van der Waals surface area contributed by atoms with Gasteiger partial charge in [-0.3, -0.25) is 0 Å². The van der Waals surface area contributed by atoms with E-state index in [-0.39, 0.29) is 5.97 Å². The zero-order valence-corrected chi connectivity index (χ0v) is 12.0. The van der Waals surface area contributed by atoms with E-state index in [1.54, 1.807) is 24.3 Å². The standard InChI is InChI=1S/C18H18O3/c1-20-18(19)16-10-12-17(13-11-16)21-14-6-5-9-15-7-3-2-4-8-15/h2-8,10-13H,9,14H2,1H3. The van der Waals surface area contributed by atoms with Crippen LogP contribution in [-0.2, 0) is 11.2 Å². The minimum absolute atomic E-state index is 0.343. The molecule has 2 rings (SSSR count). The summed E-state index contributed by atoms with van der Waals surface area (Å²) in [5, 5.41) is 0. The third kappa shape index (κ3) is 4.80. The molecule has 0 fully saturated rings. The Morgan fingerprint density at radius 1 is 1.00 bits per heavy atom. The lowest BCUT2D eigenvalue weighted by Gasteiger charge is -2.04. The van der Waals surface area contributed by atoms with Crippen molar-refractivity contribution in [2.75, 3.05) is 13.7 Å². The zero-order valence-electron chi connectivity index (χ0n) is 12.0. The van der Waals surface area contributed by atoms with Crippen molar-refractivity contribution in [1.29, 1.82) is 0 Å². The van der Waals surface area contributed by atoms with Crippen LogP contribution in [0, 0.1) is 0 Å². The second-order valence-electron chi connectivity index (χ2n) is 4.49. The molecule has 0 aliphatic rings. The highest BCUT2D eigenvalue weighted by Crippen LogP contribution is 2.12. The van der Waals surface area contributed by atoms with Crippen LogP contribution >= 0.6 is 0 Å². The van der Waals surface area contributed by atoms with Crippen LogP contribution in [0.2, 0.25) is 0 Å². The molecule has 0 saturated carbocycles. The Hall–Kier alpha value is -2.55. The fourth-order valence-corrected chi connectivity index (χ4v) is 1.85. The Labute approximate surface area is 124 Å². The Balaban J connectivity index is 1.77. The quantitative estimate of drug-likeness (QED) is 0.599. The highest BCUT2D eigenvalue weighted by atomic mass is 16.5. The number of ether oxygens (including phenoxy) is 2. The molecule has 0 heterocycles. The highest BCUT2D eigenvalue weighted by molar-refractivity contribution is 5.89. The average molecular weight is 282 g/mol. The van der Waals surface area contributed by atoms with Crippen LogP contribution in [0.15, 0.2) is 66.7 Å². The largest absolute Gasteiger partial charge is 0.490 e. The van der Waals surface area contributed by atoms with E-state index in [0.29, 0.717) is 12.2 Å². The molecule has 0 saturated heterocycles. The number of hydrogen-bond donors (Lipinski definition) is 0. The predicted octanol–water partition coefficient (Wildman–Crippen LogP) is 3.65. The van der Waals surface area contributed by atoms with Gasteiger partial charge in [-0.15, -0.1) is 0 Å². The molecular weight excluding hydrogens is 264 g/mol. The minimum Gasteiger partial charge on any atom is -0.490 e. The van der Waals surface area contributed by atoms with Gasteiger partial charge in [0.25, 0.3) is 0 Å². The Morgan fingerprint density at radius 3 is 2.38 bits per heavy atom. The monoisotopic (exact) mass is 282 g/mol. The van der Waals surface area contributed by atoms with Crippen molar-refractivity contribution >= 4 is 5.97 Å². The first-order valence-electron chi connectivity index (χ1n) is 6.79. The van der Waals surface area contributed by atoms with Crippen molar-refractivity contribution in [3.63, 3.8) is 0 Å². The maximum Gasteiger partial charge on any atom is 0.337 e.